The Bertz CT molecular complexity index is 493. The van der Waals surface area contributed by atoms with E-state index in [1.807, 2.05) is 11.4 Å². The van der Waals surface area contributed by atoms with Crippen LogP contribution in [0.4, 0.5) is 11.1 Å². The average molecular weight is 261 g/mol. The van der Waals surface area contributed by atoms with Gasteiger partial charge in [0.1, 0.15) is 0 Å². The lowest BCUT2D eigenvalue weighted by Gasteiger charge is -2.22. The van der Waals surface area contributed by atoms with Gasteiger partial charge in [-0.3, -0.25) is 0 Å². The molecule has 1 aliphatic heterocycles. The smallest absolute Gasteiger partial charge is 0.229 e. The highest BCUT2D eigenvalue weighted by Gasteiger charge is 2.16. The Morgan fingerprint density at radius 2 is 2.28 bits per heavy atom. The van der Waals surface area contributed by atoms with Gasteiger partial charge < -0.3 is 10.6 Å². The molecule has 2 aromatic heterocycles. The quantitative estimate of drug-likeness (QED) is 0.888. The minimum Gasteiger partial charge on any atom is -0.309 e. The Morgan fingerprint density at radius 1 is 1.28 bits per heavy atom. The Kier molecular flexibility index (Phi) is 3.47. The minimum atomic E-state index is 0.360. The van der Waals surface area contributed by atoms with E-state index >= 15 is 0 Å². The Hall–Kier alpha value is -1.53. The lowest BCUT2D eigenvalue weighted by molar-refractivity contribution is 0.405. The fourth-order valence-electron chi connectivity index (χ4n) is 2.11. The Morgan fingerprint density at radius 3 is 3.06 bits per heavy atom. The zero-order chi connectivity index (χ0) is 12.2. The Balaban J connectivity index is 1.76. The van der Waals surface area contributed by atoms with Crippen LogP contribution in [0.5, 0.6) is 0 Å². The zero-order valence-corrected chi connectivity index (χ0v) is 10.8. The molecule has 0 aromatic carbocycles. The van der Waals surface area contributed by atoms with Gasteiger partial charge in [0.2, 0.25) is 5.95 Å². The number of hydrogen-bond donors (Lipinski definition) is 2. The van der Waals surface area contributed by atoms with E-state index in [9.17, 15) is 0 Å². The maximum Gasteiger partial charge on any atom is 0.229 e. The highest BCUT2D eigenvalue weighted by Crippen LogP contribution is 2.22. The molecule has 2 aromatic rings. The van der Waals surface area contributed by atoms with Crippen molar-refractivity contribution >= 4 is 22.4 Å². The number of nitrogens with one attached hydrogen (secondary N) is 2. The second kappa shape index (κ2) is 5.41. The normalized spacial score (nSPS) is 19.7. The largest absolute Gasteiger partial charge is 0.309 e. The molecule has 0 aliphatic carbocycles. The molecule has 0 saturated carbocycles. The molecule has 1 saturated heterocycles. The monoisotopic (exact) mass is 261 g/mol. The van der Waals surface area contributed by atoms with Crippen molar-refractivity contribution in [3.63, 3.8) is 0 Å². The van der Waals surface area contributed by atoms with E-state index in [2.05, 4.69) is 25.6 Å². The molecule has 0 bridgehead atoms. The molecule has 3 rings (SSSR count). The van der Waals surface area contributed by atoms with Crippen LogP contribution in [-0.2, 0) is 0 Å². The molecule has 1 aliphatic rings. The van der Waals surface area contributed by atoms with Crippen molar-refractivity contribution in [3.05, 3.63) is 29.5 Å². The molecule has 6 heteroatoms. The van der Waals surface area contributed by atoms with Crippen molar-refractivity contribution in [3.8, 4) is 0 Å². The van der Waals surface area contributed by atoms with Gasteiger partial charge in [0.25, 0.3) is 0 Å². The van der Waals surface area contributed by atoms with Gasteiger partial charge >= 0.3 is 0 Å². The highest BCUT2D eigenvalue weighted by molar-refractivity contribution is 7.13. The summed E-state index contributed by atoms with van der Waals surface area (Å²) in [4.78, 5) is 12.9. The third-order valence-corrected chi connectivity index (χ3v) is 3.68. The summed E-state index contributed by atoms with van der Waals surface area (Å²) in [6.45, 7) is 1.07. The summed E-state index contributed by atoms with van der Waals surface area (Å²) in [5, 5.41) is 9.36. The third-order valence-electron chi connectivity index (χ3n) is 3.00. The molecular formula is C12H15N5S. The summed E-state index contributed by atoms with van der Waals surface area (Å²) in [7, 11) is 0. The van der Waals surface area contributed by atoms with Gasteiger partial charge in [-0.25, -0.2) is 15.0 Å². The first kappa shape index (κ1) is 11.6. The number of thiazole rings is 1. The van der Waals surface area contributed by atoms with Gasteiger partial charge in [0.15, 0.2) is 5.13 Å². The third kappa shape index (κ3) is 2.65. The molecule has 2 N–H and O–H groups in total. The summed E-state index contributed by atoms with van der Waals surface area (Å²) in [5.74, 6) is 0.620. The van der Waals surface area contributed by atoms with Crippen LogP contribution in [0.3, 0.4) is 0 Å². The predicted molar refractivity (Wildman–Crippen MR) is 72.0 cm³/mol. The molecule has 18 heavy (non-hydrogen) atoms. The number of rotatable bonds is 3. The topological polar surface area (TPSA) is 62.7 Å². The standard InChI is InChI=1S/C12H15N5S/c1-2-5-13-9(3-1)10-4-6-14-11(16-10)17-12-15-7-8-18-12/h4,6-9,13H,1-3,5H2,(H,14,15,16,17). The van der Waals surface area contributed by atoms with Crippen LogP contribution in [0.2, 0.25) is 0 Å². The van der Waals surface area contributed by atoms with Crippen molar-refractivity contribution in [2.45, 2.75) is 25.3 Å². The summed E-state index contributed by atoms with van der Waals surface area (Å²) >= 11 is 1.54. The van der Waals surface area contributed by atoms with E-state index < -0.39 is 0 Å². The number of nitrogens with zero attached hydrogens (tertiary/aromatic N) is 3. The molecule has 94 valence electrons. The lowest BCUT2D eigenvalue weighted by atomic mass is 10.0. The van der Waals surface area contributed by atoms with E-state index in [1.54, 1.807) is 23.7 Å². The van der Waals surface area contributed by atoms with E-state index in [0.717, 1.165) is 23.8 Å². The van der Waals surface area contributed by atoms with Crippen LogP contribution in [0.15, 0.2) is 23.8 Å². The molecule has 0 radical (unpaired) electrons. The van der Waals surface area contributed by atoms with Gasteiger partial charge in [-0.05, 0) is 25.5 Å². The van der Waals surface area contributed by atoms with E-state index in [-0.39, 0.29) is 0 Å². The zero-order valence-electron chi connectivity index (χ0n) is 9.97. The summed E-state index contributed by atoms with van der Waals surface area (Å²) < 4.78 is 0. The second-order valence-electron chi connectivity index (χ2n) is 4.27. The molecule has 5 nitrogen and oxygen atoms in total. The first-order valence-electron chi connectivity index (χ1n) is 6.15. The maximum atomic E-state index is 4.55. The van der Waals surface area contributed by atoms with Crippen molar-refractivity contribution in [2.24, 2.45) is 0 Å². The SMILES string of the molecule is c1cc(C2CCCCN2)nc(Nc2nccs2)n1. The van der Waals surface area contributed by atoms with Crippen LogP contribution in [0.1, 0.15) is 31.0 Å². The second-order valence-corrected chi connectivity index (χ2v) is 5.16. The van der Waals surface area contributed by atoms with Crippen LogP contribution < -0.4 is 10.6 Å². The van der Waals surface area contributed by atoms with Crippen LogP contribution >= 0.6 is 11.3 Å². The van der Waals surface area contributed by atoms with Gasteiger partial charge in [-0.2, -0.15) is 0 Å². The number of hydrogen-bond acceptors (Lipinski definition) is 6. The summed E-state index contributed by atoms with van der Waals surface area (Å²) in [5.41, 5.74) is 1.06. The predicted octanol–water partition coefficient (Wildman–Crippen LogP) is 2.49. The van der Waals surface area contributed by atoms with E-state index in [4.69, 9.17) is 0 Å². The van der Waals surface area contributed by atoms with Gasteiger partial charge in [-0.15, -0.1) is 11.3 Å². The van der Waals surface area contributed by atoms with Crippen LogP contribution in [-0.4, -0.2) is 21.5 Å². The van der Waals surface area contributed by atoms with Crippen molar-refractivity contribution in [2.75, 3.05) is 11.9 Å². The van der Waals surface area contributed by atoms with Crippen molar-refractivity contribution < 1.29 is 0 Å². The van der Waals surface area contributed by atoms with Crippen molar-refractivity contribution in [1.82, 2.24) is 20.3 Å². The molecule has 3 heterocycles. The van der Waals surface area contributed by atoms with Gasteiger partial charge in [0.05, 0.1) is 5.69 Å². The van der Waals surface area contributed by atoms with E-state index in [0.29, 0.717) is 12.0 Å². The highest BCUT2D eigenvalue weighted by atomic mass is 32.1. The molecule has 0 spiro atoms. The summed E-state index contributed by atoms with van der Waals surface area (Å²) in [6, 6.07) is 2.34. The summed E-state index contributed by atoms with van der Waals surface area (Å²) in [6.07, 6.45) is 7.23. The minimum absolute atomic E-state index is 0.360. The van der Waals surface area contributed by atoms with E-state index in [1.165, 1.54) is 12.8 Å². The first-order chi connectivity index (χ1) is 8.92. The number of piperidine rings is 1. The van der Waals surface area contributed by atoms with Crippen LogP contribution in [0.25, 0.3) is 0 Å². The first-order valence-corrected chi connectivity index (χ1v) is 7.02. The number of anilines is 2. The lowest BCUT2D eigenvalue weighted by Crippen LogP contribution is -2.27. The fraction of sp³-hybridized carbons (Fsp3) is 0.417. The van der Waals surface area contributed by atoms with Gasteiger partial charge in [0, 0.05) is 23.8 Å². The maximum absolute atomic E-state index is 4.55. The fourth-order valence-corrected chi connectivity index (χ4v) is 2.63. The van der Waals surface area contributed by atoms with Crippen molar-refractivity contribution in [1.29, 1.82) is 0 Å². The Labute approximate surface area is 110 Å². The molecule has 1 atom stereocenters. The molecule has 1 fully saturated rings. The molecule has 1 unspecified atom stereocenters. The number of aromatic nitrogens is 3. The average Bonchev–Trinajstić information content (AvgIpc) is 2.93. The van der Waals surface area contributed by atoms with Crippen LogP contribution in [0, 0.1) is 0 Å². The van der Waals surface area contributed by atoms with Gasteiger partial charge in [-0.1, -0.05) is 6.42 Å². The molecule has 0 amide bonds. The molecular weight excluding hydrogens is 246 g/mol.